The fraction of sp³-hybridized carbons (Fsp3) is 0.190. The first kappa shape index (κ1) is 35.3. The van der Waals surface area contributed by atoms with E-state index in [9.17, 15) is 19.8 Å². The van der Waals surface area contributed by atoms with Gasteiger partial charge in [0.2, 0.25) is 0 Å². The molecule has 260 valence electrons. The van der Waals surface area contributed by atoms with Gasteiger partial charge in [0.15, 0.2) is 0 Å². The first-order valence-electron chi connectivity index (χ1n) is 16.6. The van der Waals surface area contributed by atoms with Crippen molar-refractivity contribution in [2.45, 2.75) is 52.4 Å². The molecule has 8 bridgehead atoms. The number of aliphatic imine (C=N–C) groups is 4. The normalized spacial score (nSPS) is 18.2. The molecule has 0 spiro atoms. The highest BCUT2D eigenvalue weighted by atomic mass is 79.9. The first-order chi connectivity index (χ1) is 24.5. The number of fused-ring (bicyclic) bond motifs is 4. The van der Waals surface area contributed by atoms with E-state index in [1.54, 1.807) is 24.3 Å². The van der Waals surface area contributed by atoms with Gasteiger partial charge in [0.25, 0.3) is 0 Å². The van der Waals surface area contributed by atoms with Gasteiger partial charge in [-0.1, -0.05) is 53.7 Å². The third-order valence-electron chi connectivity index (χ3n) is 9.15. The van der Waals surface area contributed by atoms with E-state index < -0.39 is 11.9 Å². The molecule has 0 aliphatic carbocycles. The van der Waals surface area contributed by atoms with Crippen molar-refractivity contribution in [3.05, 3.63) is 150 Å². The van der Waals surface area contributed by atoms with Gasteiger partial charge in [-0.05, 0) is 138 Å². The Hall–Kier alpha value is -5.06. The van der Waals surface area contributed by atoms with Gasteiger partial charge in [0.1, 0.15) is 0 Å². The molecule has 0 fully saturated rings. The lowest BCUT2D eigenvalue weighted by Crippen LogP contribution is -2.14. The van der Waals surface area contributed by atoms with Crippen LogP contribution >= 0.6 is 31.9 Å². The second kappa shape index (κ2) is 12.9. The molecule has 0 radical (unpaired) electrons. The number of rotatable bonds is 4. The maximum Gasteiger partial charge on any atom is 0.335 e. The summed E-state index contributed by atoms with van der Waals surface area (Å²) in [5.41, 5.74) is 9.24. The molecule has 0 unspecified atom stereocenters. The molecule has 2 N–H and O–H groups in total. The molecular formula is C42H34Br2N4O4. The van der Waals surface area contributed by atoms with E-state index in [0.29, 0.717) is 76.9 Å². The number of aromatic carboxylic acids is 2. The van der Waals surface area contributed by atoms with E-state index in [4.69, 9.17) is 20.0 Å². The van der Waals surface area contributed by atoms with Crippen molar-refractivity contribution in [2.75, 3.05) is 0 Å². The zero-order valence-corrected chi connectivity index (χ0v) is 32.5. The fourth-order valence-electron chi connectivity index (χ4n) is 6.27. The average Bonchev–Trinajstić information content (AvgIpc) is 3.91. The van der Waals surface area contributed by atoms with Crippen LogP contribution in [0.4, 0.5) is 0 Å². The minimum atomic E-state index is -1.02. The molecule has 10 heteroatoms. The van der Waals surface area contributed by atoms with Crippen LogP contribution in [-0.2, 0) is 10.8 Å². The van der Waals surface area contributed by atoms with Crippen molar-refractivity contribution in [3.8, 4) is 0 Å². The van der Waals surface area contributed by atoms with E-state index in [1.165, 1.54) is 0 Å². The zero-order chi connectivity index (χ0) is 37.3. The molecule has 0 saturated heterocycles. The Bertz CT molecular complexity index is 2260. The van der Waals surface area contributed by atoms with Crippen LogP contribution < -0.4 is 0 Å². The SMILES string of the molecule is CC(C)(C)c1cc(C(=O)O)cc(C2=C3C=CC(=N3)C(Br)=C3C=CC(=N3)C(c3cc(C(=O)O)cc(C(C)(C)C)c3)=C3C=CC(=N3)C(Br)=C3C=CC2=N3)c1. The van der Waals surface area contributed by atoms with Crippen molar-refractivity contribution >= 4 is 77.8 Å². The van der Waals surface area contributed by atoms with Gasteiger partial charge in [-0.3, -0.25) is 0 Å². The first-order valence-corrected chi connectivity index (χ1v) is 18.2. The summed E-state index contributed by atoms with van der Waals surface area (Å²) >= 11 is 7.54. The Labute approximate surface area is 318 Å². The number of hydrogen-bond acceptors (Lipinski definition) is 6. The lowest BCUT2D eigenvalue weighted by molar-refractivity contribution is 0.0686. The number of allylic oxidation sites excluding steroid dienone is 12. The number of carboxylic acid groups (broad SMARTS) is 2. The Morgan fingerprint density at radius 2 is 0.808 bits per heavy atom. The predicted molar refractivity (Wildman–Crippen MR) is 216 cm³/mol. The van der Waals surface area contributed by atoms with Crippen LogP contribution in [0.3, 0.4) is 0 Å². The molecule has 0 atom stereocenters. The second-order valence-corrected chi connectivity index (χ2v) is 16.5. The summed E-state index contributed by atoms with van der Waals surface area (Å²) < 4.78 is 1.31. The molecule has 0 amide bonds. The van der Waals surface area contributed by atoms with E-state index in [-0.39, 0.29) is 22.0 Å². The Balaban J connectivity index is 1.49. The quantitative estimate of drug-likeness (QED) is 0.319. The smallest absolute Gasteiger partial charge is 0.335 e. The monoisotopic (exact) mass is 816 g/mol. The number of benzene rings is 2. The largest absolute Gasteiger partial charge is 0.478 e. The summed E-state index contributed by atoms with van der Waals surface area (Å²) in [7, 11) is 0. The van der Waals surface area contributed by atoms with Gasteiger partial charge in [-0.15, -0.1) is 0 Å². The molecule has 0 aromatic heterocycles. The number of hydrogen-bond donors (Lipinski definition) is 2. The van der Waals surface area contributed by atoms with Gasteiger partial charge in [-0.25, -0.2) is 29.6 Å². The summed E-state index contributed by atoms with van der Waals surface area (Å²) in [6, 6.07) is 10.8. The van der Waals surface area contributed by atoms with Gasteiger partial charge < -0.3 is 10.2 Å². The molecule has 5 aliphatic heterocycles. The van der Waals surface area contributed by atoms with Crippen molar-refractivity contribution in [2.24, 2.45) is 20.0 Å². The average molecular weight is 819 g/mol. The minimum absolute atomic E-state index is 0.179. The minimum Gasteiger partial charge on any atom is -0.478 e. The van der Waals surface area contributed by atoms with Crippen LogP contribution in [0, 0.1) is 0 Å². The Morgan fingerprint density at radius 1 is 0.481 bits per heavy atom. The molecule has 52 heavy (non-hydrogen) atoms. The standard InChI is InChI=1S/C42H34Br2N4O4/c1-41(2,3)25-17-21(15-23(19-25)39(49)50)35-27-7-11-31(45-27)37(43)33-13-9-29(47-33)36(22-16-24(40(51)52)20-26(18-22)42(4,5)6)30-10-14-34(48-30)38(44)32-12-8-28(35)46-32/h7-20H,1-6H3,(H,49,50)(H,51,52). The molecule has 8 nitrogen and oxygen atoms in total. The van der Waals surface area contributed by atoms with Crippen molar-refractivity contribution in [1.82, 2.24) is 0 Å². The molecule has 2 aromatic rings. The van der Waals surface area contributed by atoms with Gasteiger partial charge in [0, 0.05) is 11.1 Å². The van der Waals surface area contributed by atoms with E-state index in [0.717, 1.165) is 11.1 Å². The van der Waals surface area contributed by atoms with Crippen LogP contribution in [0.15, 0.2) is 137 Å². The highest BCUT2D eigenvalue weighted by Crippen LogP contribution is 2.39. The van der Waals surface area contributed by atoms with Crippen molar-refractivity contribution in [3.63, 3.8) is 0 Å². The van der Waals surface area contributed by atoms with Crippen molar-refractivity contribution < 1.29 is 19.8 Å². The predicted octanol–water partition coefficient (Wildman–Crippen LogP) is 10.1. The highest BCUT2D eigenvalue weighted by molar-refractivity contribution is 9.12. The topological polar surface area (TPSA) is 124 Å². The third-order valence-corrected chi connectivity index (χ3v) is 10.8. The molecule has 2 aromatic carbocycles. The molecule has 0 saturated carbocycles. The maximum absolute atomic E-state index is 12.3. The number of halogens is 2. The van der Waals surface area contributed by atoms with E-state index >= 15 is 0 Å². The summed E-state index contributed by atoms with van der Waals surface area (Å²) in [5, 5.41) is 20.2. The van der Waals surface area contributed by atoms with Crippen molar-refractivity contribution in [1.29, 1.82) is 0 Å². The Morgan fingerprint density at radius 3 is 1.15 bits per heavy atom. The summed E-state index contributed by atoms with van der Waals surface area (Å²) in [4.78, 5) is 44.8. The van der Waals surface area contributed by atoms with Crippen LogP contribution in [0.25, 0.3) is 11.1 Å². The van der Waals surface area contributed by atoms with Crippen LogP contribution in [0.5, 0.6) is 0 Å². The number of carboxylic acids is 2. The number of nitrogens with zero attached hydrogens (tertiary/aromatic N) is 4. The zero-order valence-electron chi connectivity index (χ0n) is 29.3. The fourth-order valence-corrected chi connectivity index (χ4v) is 7.15. The van der Waals surface area contributed by atoms with Crippen LogP contribution in [0.1, 0.15) is 84.5 Å². The van der Waals surface area contributed by atoms with E-state index in [2.05, 4.69) is 73.4 Å². The van der Waals surface area contributed by atoms with Gasteiger partial charge >= 0.3 is 11.9 Å². The van der Waals surface area contributed by atoms with Gasteiger partial charge in [0.05, 0.1) is 65.7 Å². The number of carbonyl (C=O) groups is 2. The third kappa shape index (κ3) is 6.57. The molecule has 5 aliphatic rings. The molecule has 5 heterocycles. The van der Waals surface area contributed by atoms with E-state index in [1.807, 2.05) is 60.7 Å². The summed E-state index contributed by atoms with van der Waals surface area (Å²) in [6.45, 7) is 12.3. The maximum atomic E-state index is 12.3. The Kier molecular flexibility index (Phi) is 8.74. The summed E-state index contributed by atoms with van der Waals surface area (Å²) in [5.74, 6) is -2.03. The van der Waals surface area contributed by atoms with Crippen LogP contribution in [0.2, 0.25) is 0 Å². The summed E-state index contributed by atoms with van der Waals surface area (Å²) in [6.07, 6.45) is 15.2. The molecular weight excluding hydrogens is 784 g/mol. The van der Waals surface area contributed by atoms with Gasteiger partial charge in [-0.2, -0.15) is 0 Å². The molecule has 7 rings (SSSR count). The highest BCUT2D eigenvalue weighted by Gasteiger charge is 2.28. The van der Waals surface area contributed by atoms with Crippen LogP contribution in [-0.4, -0.2) is 45.0 Å². The lowest BCUT2D eigenvalue weighted by atomic mass is 9.83. The lowest BCUT2D eigenvalue weighted by Gasteiger charge is -2.21. The second-order valence-electron chi connectivity index (χ2n) is 14.9.